The van der Waals surface area contributed by atoms with Crippen molar-refractivity contribution in [1.29, 1.82) is 0 Å². The molecule has 0 radical (unpaired) electrons. The molecule has 136 valence electrons. The van der Waals surface area contributed by atoms with Gasteiger partial charge in [-0.2, -0.15) is 0 Å². The fourth-order valence-electron chi connectivity index (χ4n) is 3.52. The summed E-state index contributed by atoms with van der Waals surface area (Å²) in [5.74, 6) is 0.336. The third kappa shape index (κ3) is 3.90. The first-order valence-electron chi connectivity index (χ1n) is 8.72. The topological polar surface area (TPSA) is 73.9 Å². The highest BCUT2D eigenvalue weighted by Crippen LogP contribution is 2.23. The number of rotatable bonds is 5. The second-order valence-electron chi connectivity index (χ2n) is 6.63. The van der Waals surface area contributed by atoms with Crippen LogP contribution in [0.1, 0.15) is 28.2 Å². The maximum absolute atomic E-state index is 12.6. The van der Waals surface area contributed by atoms with Gasteiger partial charge in [-0.1, -0.05) is 11.6 Å². The van der Waals surface area contributed by atoms with Crippen molar-refractivity contribution in [3.63, 3.8) is 0 Å². The fraction of sp³-hybridized carbons (Fsp3) is 0.389. The SMILES string of the molecule is O=C(NCC1CCCN(Cc2cnc(Cl)s2)C1)c1nccc2[nH]ccc12. The summed E-state index contributed by atoms with van der Waals surface area (Å²) in [5, 5.41) is 3.92. The van der Waals surface area contributed by atoms with Gasteiger partial charge < -0.3 is 10.3 Å². The van der Waals surface area contributed by atoms with Crippen LogP contribution in [0.4, 0.5) is 0 Å². The molecule has 1 unspecified atom stereocenters. The lowest BCUT2D eigenvalue weighted by atomic mass is 9.98. The molecule has 0 bridgehead atoms. The lowest BCUT2D eigenvalue weighted by Crippen LogP contribution is -2.40. The van der Waals surface area contributed by atoms with Gasteiger partial charge >= 0.3 is 0 Å². The molecule has 0 saturated carbocycles. The summed E-state index contributed by atoms with van der Waals surface area (Å²) in [5.41, 5.74) is 1.41. The second kappa shape index (κ2) is 7.73. The number of hydrogen-bond donors (Lipinski definition) is 2. The molecule has 3 aromatic heterocycles. The van der Waals surface area contributed by atoms with Crippen LogP contribution in [0.5, 0.6) is 0 Å². The standard InChI is InChI=1S/C18H20ClN5OS/c19-18-23-9-13(26-18)11-24-7-1-2-12(10-24)8-22-17(25)16-14-3-5-20-15(14)4-6-21-16/h3-6,9,12,20H,1-2,7-8,10-11H2,(H,22,25). The predicted octanol–water partition coefficient (Wildman–Crippen LogP) is 3.31. The Morgan fingerprint density at radius 2 is 2.35 bits per heavy atom. The third-order valence-electron chi connectivity index (χ3n) is 4.75. The van der Waals surface area contributed by atoms with Gasteiger partial charge in [0, 0.05) is 54.0 Å². The van der Waals surface area contributed by atoms with E-state index in [0.717, 1.165) is 43.4 Å². The van der Waals surface area contributed by atoms with Crippen molar-refractivity contribution in [3.8, 4) is 0 Å². The lowest BCUT2D eigenvalue weighted by Gasteiger charge is -2.32. The average molecular weight is 390 g/mol. The van der Waals surface area contributed by atoms with E-state index < -0.39 is 0 Å². The largest absolute Gasteiger partial charge is 0.361 e. The summed E-state index contributed by atoms with van der Waals surface area (Å²) in [4.78, 5) is 27.6. The fourth-order valence-corrected chi connectivity index (χ4v) is 4.54. The van der Waals surface area contributed by atoms with Gasteiger partial charge in [-0.25, -0.2) is 4.98 Å². The number of aromatic amines is 1. The van der Waals surface area contributed by atoms with Gasteiger partial charge in [0.05, 0.1) is 0 Å². The van der Waals surface area contributed by atoms with Crippen LogP contribution in [-0.4, -0.2) is 45.4 Å². The Kier molecular flexibility index (Phi) is 5.19. The molecule has 0 spiro atoms. The van der Waals surface area contributed by atoms with E-state index in [1.54, 1.807) is 6.20 Å². The van der Waals surface area contributed by atoms with E-state index >= 15 is 0 Å². The maximum atomic E-state index is 12.6. The first-order valence-corrected chi connectivity index (χ1v) is 9.91. The lowest BCUT2D eigenvalue weighted by molar-refractivity contribution is 0.0928. The molecule has 1 amide bonds. The minimum absolute atomic E-state index is 0.110. The molecule has 1 saturated heterocycles. The zero-order valence-electron chi connectivity index (χ0n) is 14.2. The Labute approximate surface area is 160 Å². The molecular formula is C18H20ClN5OS. The second-order valence-corrected chi connectivity index (χ2v) is 8.33. The van der Waals surface area contributed by atoms with E-state index in [4.69, 9.17) is 11.6 Å². The van der Waals surface area contributed by atoms with Crippen LogP contribution in [0.2, 0.25) is 4.47 Å². The highest BCUT2D eigenvalue weighted by molar-refractivity contribution is 7.15. The first kappa shape index (κ1) is 17.5. The molecule has 2 N–H and O–H groups in total. The number of halogens is 1. The Morgan fingerprint density at radius 1 is 1.42 bits per heavy atom. The van der Waals surface area contributed by atoms with Crippen LogP contribution in [0.3, 0.4) is 0 Å². The maximum Gasteiger partial charge on any atom is 0.270 e. The van der Waals surface area contributed by atoms with Gasteiger partial charge in [0.15, 0.2) is 4.47 Å². The highest BCUT2D eigenvalue weighted by Gasteiger charge is 2.22. The summed E-state index contributed by atoms with van der Waals surface area (Å²) in [6, 6.07) is 3.76. The molecular weight excluding hydrogens is 370 g/mol. The summed E-state index contributed by atoms with van der Waals surface area (Å²) < 4.78 is 0.590. The molecule has 4 rings (SSSR count). The van der Waals surface area contributed by atoms with E-state index in [0.29, 0.717) is 22.6 Å². The molecule has 6 nitrogen and oxygen atoms in total. The molecule has 1 aliphatic heterocycles. The van der Waals surface area contributed by atoms with Gasteiger partial charge in [0.2, 0.25) is 0 Å². The van der Waals surface area contributed by atoms with Crippen LogP contribution in [0.15, 0.2) is 30.7 Å². The van der Waals surface area contributed by atoms with Crippen molar-refractivity contribution < 1.29 is 4.79 Å². The zero-order valence-corrected chi connectivity index (χ0v) is 15.8. The highest BCUT2D eigenvalue weighted by atomic mass is 35.5. The number of carbonyl (C=O) groups excluding carboxylic acids is 1. The number of aromatic nitrogens is 3. The molecule has 3 aromatic rings. The number of amides is 1. The number of piperidine rings is 1. The van der Waals surface area contributed by atoms with Crippen LogP contribution >= 0.6 is 22.9 Å². The van der Waals surface area contributed by atoms with Crippen molar-refractivity contribution in [1.82, 2.24) is 25.2 Å². The summed E-state index contributed by atoms with van der Waals surface area (Å²) in [6.45, 7) is 3.59. The van der Waals surface area contributed by atoms with Crippen LogP contribution in [-0.2, 0) is 6.54 Å². The first-order chi connectivity index (χ1) is 12.7. The van der Waals surface area contributed by atoms with Gasteiger partial charge in [-0.15, -0.1) is 11.3 Å². The van der Waals surface area contributed by atoms with E-state index in [9.17, 15) is 4.79 Å². The number of thiazole rings is 1. The normalized spacial score (nSPS) is 18.3. The minimum Gasteiger partial charge on any atom is -0.361 e. The molecule has 1 atom stereocenters. The molecule has 1 fully saturated rings. The molecule has 0 aliphatic carbocycles. The number of fused-ring (bicyclic) bond motifs is 1. The number of nitrogens with one attached hydrogen (secondary N) is 2. The number of nitrogens with zero attached hydrogens (tertiary/aromatic N) is 3. The number of pyridine rings is 1. The Hall–Kier alpha value is -1.96. The van der Waals surface area contributed by atoms with Gasteiger partial charge in [0.1, 0.15) is 5.69 Å². The number of hydrogen-bond acceptors (Lipinski definition) is 5. The van der Waals surface area contributed by atoms with Crippen molar-refractivity contribution in [2.45, 2.75) is 19.4 Å². The van der Waals surface area contributed by atoms with E-state index in [-0.39, 0.29) is 5.91 Å². The smallest absolute Gasteiger partial charge is 0.270 e. The van der Waals surface area contributed by atoms with Crippen molar-refractivity contribution in [2.24, 2.45) is 5.92 Å². The average Bonchev–Trinajstić information content (AvgIpc) is 3.28. The van der Waals surface area contributed by atoms with E-state index in [1.807, 2.05) is 24.5 Å². The van der Waals surface area contributed by atoms with Crippen LogP contribution in [0, 0.1) is 5.92 Å². The van der Waals surface area contributed by atoms with Crippen molar-refractivity contribution >= 4 is 39.7 Å². The van der Waals surface area contributed by atoms with Gasteiger partial charge in [-0.05, 0) is 37.4 Å². The van der Waals surface area contributed by atoms with E-state index in [2.05, 4.69) is 25.2 Å². The Balaban J connectivity index is 1.34. The van der Waals surface area contributed by atoms with Crippen molar-refractivity contribution in [3.05, 3.63) is 45.8 Å². The molecule has 8 heteroatoms. The zero-order chi connectivity index (χ0) is 17.9. The Morgan fingerprint density at radius 3 is 3.19 bits per heavy atom. The summed E-state index contributed by atoms with van der Waals surface area (Å²) in [6.07, 6.45) is 7.60. The Bertz CT molecular complexity index is 908. The minimum atomic E-state index is -0.110. The van der Waals surface area contributed by atoms with Crippen LogP contribution < -0.4 is 5.32 Å². The molecule has 4 heterocycles. The third-order valence-corrected chi connectivity index (χ3v) is 5.85. The van der Waals surface area contributed by atoms with Gasteiger partial charge in [0.25, 0.3) is 5.91 Å². The molecule has 0 aromatic carbocycles. The molecule has 26 heavy (non-hydrogen) atoms. The monoisotopic (exact) mass is 389 g/mol. The van der Waals surface area contributed by atoms with E-state index in [1.165, 1.54) is 16.2 Å². The number of likely N-dealkylation sites (tertiary alicyclic amines) is 1. The summed E-state index contributed by atoms with van der Waals surface area (Å²) in [7, 11) is 0. The number of carbonyl (C=O) groups is 1. The van der Waals surface area contributed by atoms with Crippen molar-refractivity contribution in [2.75, 3.05) is 19.6 Å². The van der Waals surface area contributed by atoms with Crippen LogP contribution in [0.25, 0.3) is 10.9 Å². The number of H-pyrrole nitrogens is 1. The quantitative estimate of drug-likeness (QED) is 0.702. The van der Waals surface area contributed by atoms with Gasteiger partial charge in [-0.3, -0.25) is 14.7 Å². The molecule has 1 aliphatic rings. The summed E-state index contributed by atoms with van der Waals surface area (Å²) >= 11 is 7.45. The predicted molar refractivity (Wildman–Crippen MR) is 104 cm³/mol.